The Bertz CT molecular complexity index is 632. The van der Waals surface area contributed by atoms with Crippen LogP contribution in [0, 0.1) is 0 Å². The second-order valence-electron chi connectivity index (χ2n) is 7.12. The van der Waals surface area contributed by atoms with Crippen molar-refractivity contribution in [2.45, 2.75) is 71.4 Å². The fourth-order valence-electron chi connectivity index (χ4n) is 3.23. The number of hydrogen-bond acceptors (Lipinski definition) is 5. The van der Waals surface area contributed by atoms with Gasteiger partial charge in [-0.15, -0.1) is 0 Å². The Morgan fingerprint density at radius 3 is 2.69 bits per heavy atom. The normalized spacial score (nSPS) is 20.6. The fourth-order valence-corrected chi connectivity index (χ4v) is 3.23. The third-order valence-electron chi connectivity index (χ3n) is 4.89. The van der Waals surface area contributed by atoms with Gasteiger partial charge < -0.3 is 21.3 Å². The molecule has 0 aromatic heterocycles. The molecule has 0 aromatic rings. The molecule has 4 N–H and O–H groups in total. The van der Waals surface area contributed by atoms with Gasteiger partial charge in [0.2, 0.25) is 0 Å². The van der Waals surface area contributed by atoms with Gasteiger partial charge in [0, 0.05) is 24.0 Å². The summed E-state index contributed by atoms with van der Waals surface area (Å²) in [5.74, 6) is -0.165. The molecule has 0 aromatic carbocycles. The summed E-state index contributed by atoms with van der Waals surface area (Å²) >= 11 is 0. The number of nitrogens with zero attached hydrogens (tertiary/aromatic N) is 1. The zero-order valence-electron chi connectivity index (χ0n) is 16.2. The summed E-state index contributed by atoms with van der Waals surface area (Å²) in [5.41, 5.74) is 8.32. The molecule has 1 amide bonds. The second-order valence-corrected chi connectivity index (χ2v) is 7.12. The van der Waals surface area contributed by atoms with Gasteiger partial charge in [-0.2, -0.15) is 0 Å². The highest BCUT2D eigenvalue weighted by atomic mass is 16.2. The molecule has 0 unspecified atom stereocenters. The fraction of sp³-hybridized carbons (Fsp3) is 0.600. The van der Waals surface area contributed by atoms with Crippen molar-refractivity contribution in [3.8, 4) is 0 Å². The maximum absolute atomic E-state index is 12.8. The van der Waals surface area contributed by atoms with Gasteiger partial charge in [-0.25, -0.2) is 0 Å². The number of rotatable bonds is 9. The van der Waals surface area contributed by atoms with E-state index in [1.54, 1.807) is 17.9 Å². The zero-order chi connectivity index (χ0) is 19.3. The number of allylic oxidation sites excluding steroid dienone is 3. The van der Waals surface area contributed by atoms with Gasteiger partial charge >= 0.3 is 0 Å². The van der Waals surface area contributed by atoms with Crippen LogP contribution in [0.25, 0.3) is 0 Å². The lowest BCUT2D eigenvalue weighted by molar-refractivity contribution is -0.124. The topological polar surface area (TPSA) is 87.5 Å². The van der Waals surface area contributed by atoms with Crippen molar-refractivity contribution < 1.29 is 9.59 Å². The Morgan fingerprint density at radius 1 is 1.42 bits per heavy atom. The summed E-state index contributed by atoms with van der Waals surface area (Å²) in [5, 5.41) is 6.55. The van der Waals surface area contributed by atoms with Crippen LogP contribution in [0.4, 0.5) is 0 Å². The average Bonchev–Trinajstić information content (AvgIpc) is 3.30. The predicted molar refractivity (Wildman–Crippen MR) is 104 cm³/mol. The molecule has 2 aliphatic rings. The lowest BCUT2D eigenvalue weighted by Crippen LogP contribution is -2.41. The standard InChI is InChI=1S/C20H32N4O2/c1-5-8-17(19(25)14(4)22-15-10-11-15)23-13(3)18-9-7-12-24(18)20(26)16(21)6-2/h6,15,17,22-23H,4-5,7-12,21H2,1-3H3/b16-6+,18-13+/t17-/m0/s1. The molecular formula is C20H32N4O2. The van der Waals surface area contributed by atoms with Crippen molar-refractivity contribution in [2.75, 3.05) is 6.54 Å². The van der Waals surface area contributed by atoms with Crippen molar-refractivity contribution in [3.05, 3.63) is 35.4 Å². The van der Waals surface area contributed by atoms with Gasteiger partial charge in [0.05, 0.1) is 17.4 Å². The highest BCUT2D eigenvalue weighted by Crippen LogP contribution is 2.25. The first-order valence-corrected chi connectivity index (χ1v) is 9.58. The third-order valence-corrected chi connectivity index (χ3v) is 4.89. The molecule has 0 radical (unpaired) electrons. The average molecular weight is 361 g/mol. The number of likely N-dealkylation sites (tertiary alicyclic amines) is 1. The maximum Gasteiger partial charge on any atom is 0.273 e. The maximum atomic E-state index is 12.8. The van der Waals surface area contributed by atoms with Crippen LogP contribution < -0.4 is 16.4 Å². The van der Waals surface area contributed by atoms with E-state index < -0.39 is 0 Å². The van der Waals surface area contributed by atoms with E-state index in [1.165, 1.54) is 0 Å². The van der Waals surface area contributed by atoms with Crippen molar-refractivity contribution in [1.82, 2.24) is 15.5 Å². The first-order chi connectivity index (χ1) is 12.4. The molecule has 0 spiro atoms. The molecule has 2 fully saturated rings. The molecule has 6 heteroatoms. The van der Waals surface area contributed by atoms with E-state index >= 15 is 0 Å². The molecule has 2 rings (SSSR count). The number of nitrogens with two attached hydrogens (primary N) is 1. The van der Waals surface area contributed by atoms with Crippen LogP contribution >= 0.6 is 0 Å². The number of amides is 1. The number of Topliss-reactive ketones (excluding diaryl/α,β-unsaturated/α-hetero) is 1. The number of nitrogens with one attached hydrogen (secondary N) is 2. The van der Waals surface area contributed by atoms with Crippen molar-refractivity contribution >= 4 is 11.7 Å². The Kier molecular flexibility index (Phi) is 6.89. The van der Waals surface area contributed by atoms with Crippen LogP contribution in [0.2, 0.25) is 0 Å². The van der Waals surface area contributed by atoms with Gasteiger partial charge in [-0.05, 0) is 46.0 Å². The highest BCUT2D eigenvalue weighted by molar-refractivity contribution is 5.98. The van der Waals surface area contributed by atoms with E-state index in [9.17, 15) is 9.59 Å². The minimum absolute atomic E-state index is 0.00235. The Labute approximate surface area is 156 Å². The van der Waals surface area contributed by atoms with Crippen LogP contribution in [-0.2, 0) is 9.59 Å². The first-order valence-electron chi connectivity index (χ1n) is 9.58. The van der Waals surface area contributed by atoms with E-state index in [0.717, 1.165) is 49.9 Å². The molecule has 1 aliphatic heterocycles. The van der Waals surface area contributed by atoms with E-state index in [2.05, 4.69) is 24.1 Å². The van der Waals surface area contributed by atoms with E-state index in [1.807, 2.05) is 6.92 Å². The summed E-state index contributed by atoms with van der Waals surface area (Å²) in [7, 11) is 0. The number of ketones is 1. The second kappa shape index (κ2) is 8.92. The Hall–Kier alpha value is -2.24. The van der Waals surface area contributed by atoms with Crippen LogP contribution in [-0.4, -0.2) is 35.2 Å². The van der Waals surface area contributed by atoms with Crippen LogP contribution in [0.5, 0.6) is 0 Å². The third kappa shape index (κ3) is 4.90. The number of carbonyl (C=O) groups is 2. The largest absolute Gasteiger partial charge is 0.395 e. The van der Waals surface area contributed by atoms with Gasteiger partial charge in [0.1, 0.15) is 0 Å². The summed E-state index contributed by atoms with van der Waals surface area (Å²) in [6.45, 7) is 10.3. The first kappa shape index (κ1) is 20.1. The van der Waals surface area contributed by atoms with Crippen molar-refractivity contribution in [2.24, 2.45) is 5.73 Å². The summed E-state index contributed by atoms with van der Waals surface area (Å²) < 4.78 is 0. The Balaban J connectivity index is 2.12. The van der Waals surface area contributed by atoms with E-state index in [-0.39, 0.29) is 23.4 Å². The molecule has 26 heavy (non-hydrogen) atoms. The van der Waals surface area contributed by atoms with E-state index in [4.69, 9.17) is 5.73 Å². The molecule has 1 heterocycles. The minimum Gasteiger partial charge on any atom is -0.395 e. The molecule has 1 saturated carbocycles. The van der Waals surface area contributed by atoms with Gasteiger partial charge in [-0.3, -0.25) is 9.59 Å². The SMILES string of the molecule is C=C(NC1CC1)C(=O)[C@H](CCC)N/C(C)=C1\CCCN1C(=O)/C(N)=C\C. The minimum atomic E-state index is -0.331. The molecule has 1 saturated heterocycles. The number of carbonyl (C=O) groups excluding carboxylic acids is 2. The van der Waals surface area contributed by atoms with Gasteiger partial charge in [-0.1, -0.05) is 26.0 Å². The molecule has 6 nitrogen and oxygen atoms in total. The van der Waals surface area contributed by atoms with Gasteiger partial charge in [0.15, 0.2) is 5.78 Å². The van der Waals surface area contributed by atoms with Crippen LogP contribution in [0.3, 0.4) is 0 Å². The smallest absolute Gasteiger partial charge is 0.273 e. The van der Waals surface area contributed by atoms with Crippen molar-refractivity contribution in [3.63, 3.8) is 0 Å². The summed E-state index contributed by atoms with van der Waals surface area (Å²) in [6.07, 6.45) is 7.14. The Morgan fingerprint density at radius 2 is 2.12 bits per heavy atom. The van der Waals surface area contributed by atoms with Crippen LogP contribution in [0.15, 0.2) is 35.4 Å². The molecular weight excluding hydrogens is 328 g/mol. The monoisotopic (exact) mass is 360 g/mol. The predicted octanol–water partition coefficient (Wildman–Crippen LogP) is 2.30. The van der Waals surface area contributed by atoms with E-state index in [0.29, 0.717) is 18.3 Å². The van der Waals surface area contributed by atoms with Crippen molar-refractivity contribution in [1.29, 1.82) is 0 Å². The lowest BCUT2D eigenvalue weighted by atomic mass is 10.0. The molecule has 1 aliphatic carbocycles. The number of hydrogen-bond donors (Lipinski definition) is 3. The zero-order valence-corrected chi connectivity index (χ0v) is 16.2. The lowest BCUT2D eigenvalue weighted by Gasteiger charge is -2.25. The molecule has 144 valence electrons. The van der Waals surface area contributed by atoms with Crippen LogP contribution in [0.1, 0.15) is 59.3 Å². The molecule has 0 bridgehead atoms. The highest BCUT2D eigenvalue weighted by Gasteiger charge is 2.29. The van der Waals surface area contributed by atoms with Gasteiger partial charge in [0.25, 0.3) is 5.91 Å². The summed E-state index contributed by atoms with van der Waals surface area (Å²) in [6, 6.07) is 0.0720. The quantitative estimate of drug-likeness (QED) is 0.549. The molecule has 1 atom stereocenters. The summed E-state index contributed by atoms with van der Waals surface area (Å²) in [4.78, 5) is 26.9.